The zero-order valence-corrected chi connectivity index (χ0v) is 12.5. The van der Waals surface area contributed by atoms with Crippen LogP contribution in [-0.4, -0.2) is 36.2 Å². The standard InChI is InChI=1S/C13H27N3O3/c1-6-19-7-10(8(2)3)15-13(17)11(9(4)5)12(14)16-18/h8-11,18H,6-7H2,1-5H3,(H2,14,16)(H,15,17). The number of amides is 1. The van der Waals surface area contributed by atoms with Crippen LogP contribution in [0.5, 0.6) is 0 Å². The quantitative estimate of drug-likeness (QED) is 0.268. The SMILES string of the molecule is CCOCC(NC(=O)C(C(N)=NO)C(C)C)C(C)C. The summed E-state index contributed by atoms with van der Waals surface area (Å²) in [6.45, 7) is 10.7. The number of nitrogens with one attached hydrogen (secondary N) is 1. The molecule has 0 aliphatic carbocycles. The smallest absolute Gasteiger partial charge is 0.231 e. The van der Waals surface area contributed by atoms with Crippen molar-refractivity contribution < 1.29 is 14.7 Å². The second-order valence-corrected chi connectivity index (χ2v) is 5.27. The molecule has 0 saturated heterocycles. The molecule has 0 rings (SSSR count). The Kier molecular flexibility index (Phi) is 8.14. The summed E-state index contributed by atoms with van der Waals surface area (Å²) in [7, 11) is 0. The Morgan fingerprint density at radius 2 is 1.89 bits per heavy atom. The molecule has 4 N–H and O–H groups in total. The molecule has 1 amide bonds. The Hall–Kier alpha value is -1.30. The maximum Gasteiger partial charge on any atom is 0.231 e. The number of nitrogens with zero attached hydrogens (tertiary/aromatic N) is 1. The first-order valence-corrected chi connectivity index (χ1v) is 6.70. The molecule has 2 unspecified atom stereocenters. The van der Waals surface area contributed by atoms with Crippen LogP contribution in [0.1, 0.15) is 34.6 Å². The minimum absolute atomic E-state index is 0.0456. The second-order valence-electron chi connectivity index (χ2n) is 5.27. The number of amidine groups is 1. The summed E-state index contributed by atoms with van der Waals surface area (Å²) < 4.78 is 5.36. The monoisotopic (exact) mass is 273 g/mol. The fourth-order valence-electron chi connectivity index (χ4n) is 1.76. The van der Waals surface area contributed by atoms with Crippen molar-refractivity contribution in [3.63, 3.8) is 0 Å². The number of nitrogens with two attached hydrogens (primary N) is 1. The topological polar surface area (TPSA) is 96.9 Å². The Labute approximate surface area is 115 Å². The third-order valence-electron chi connectivity index (χ3n) is 3.02. The predicted molar refractivity (Wildman–Crippen MR) is 75.0 cm³/mol. The van der Waals surface area contributed by atoms with E-state index in [-0.39, 0.29) is 29.6 Å². The van der Waals surface area contributed by atoms with Crippen molar-refractivity contribution in [2.45, 2.75) is 40.7 Å². The molecular formula is C13H27N3O3. The third kappa shape index (κ3) is 5.92. The number of carbonyl (C=O) groups is 1. The van der Waals surface area contributed by atoms with Crippen molar-refractivity contribution in [2.24, 2.45) is 28.6 Å². The van der Waals surface area contributed by atoms with Crippen LogP contribution < -0.4 is 11.1 Å². The minimum atomic E-state index is -0.632. The maximum atomic E-state index is 12.2. The van der Waals surface area contributed by atoms with Gasteiger partial charge in [-0.05, 0) is 18.8 Å². The van der Waals surface area contributed by atoms with E-state index in [2.05, 4.69) is 10.5 Å². The molecule has 0 aliphatic rings. The molecule has 0 aromatic heterocycles. The lowest BCUT2D eigenvalue weighted by atomic mass is 9.93. The van der Waals surface area contributed by atoms with E-state index >= 15 is 0 Å². The van der Waals surface area contributed by atoms with Gasteiger partial charge in [-0.1, -0.05) is 32.9 Å². The molecule has 0 radical (unpaired) electrons. The number of hydrogen-bond donors (Lipinski definition) is 3. The Morgan fingerprint density at radius 1 is 1.32 bits per heavy atom. The average Bonchev–Trinajstić information content (AvgIpc) is 2.33. The number of ether oxygens (including phenoxy) is 1. The summed E-state index contributed by atoms with van der Waals surface area (Å²) in [5.74, 6) is -0.727. The van der Waals surface area contributed by atoms with Gasteiger partial charge in [0.25, 0.3) is 0 Å². The molecule has 0 bridgehead atoms. The van der Waals surface area contributed by atoms with Gasteiger partial charge < -0.3 is 21.0 Å². The molecule has 0 fully saturated rings. The van der Waals surface area contributed by atoms with Crippen LogP contribution in [0, 0.1) is 17.8 Å². The number of rotatable bonds is 8. The van der Waals surface area contributed by atoms with E-state index in [1.807, 2.05) is 34.6 Å². The first kappa shape index (κ1) is 17.7. The Balaban J connectivity index is 4.76. The van der Waals surface area contributed by atoms with Crippen molar-refractivity contribution in [3.8, 4) is 0 Å². The van der Waals surface area contributed by atoms with Crippen LogP contribution in [0.2, 0.25) is 0 Å². The van der Waals surface area contributed by atoms with Crippen LogP contribution in [0.4, 0.5) is 0 Å². The molecule has 0 aromatic carbocycles. The Morgan fingerprint density at radius 3 is 2.26 bits per heavy atom. The van der Waals surface area contributed by atoms with Gasteiger partial charge in [0.2, 0.25) is 5.91 Å². The summed E-state index contributed by atoms with van der Waals surface area (Å²) >= 11 is 0. The lowest BCUT2D eigenvalue weighted by Gasteiger charge is -2.26. The number of oxime groups is 1. The van der Waals surface area contributed by atoms with Gasteiger partial charge in [-0.15, -0.1) is 0 Å². The number of hydrogen-bond acceptors (Lipinski definition) is 4. The van der Waals surface area contributed by atoms with E-state index in [1.54, 1.807) is 0 Å². The van der Waals surface area contributed by atoms with E-state index in [0.717, 1.165) is 0 Å². The van der Waals surface area contributed by atoms with Crippen LogP contribution >= 0.6 is 0 Å². The zero-order valence-electron chi connectivity index (χ0n) is 12.5. The van der Waals surface area contributed by atoms with E-state index in [0.29, 0.717) is 13.2 Å². The summed E-state index contributed by atoms with van der Waals surface area (Å²) in [6.07, 6.45) is 0. The van der Waals surface area contributed by atoms with Gasteiger partial charge >= 0.3 is 0 Å². The highest BCUT2D eigenvalue weighted by molar-refractivity contribution is 6.02. The molecule has 0 saturated carbocycles. The van der Waals surface area contributed by atoms with Gasteiger partial charge in [-0.2, -0.15) is 0 Å². The van der Waals surface area contributed by atoms with Crippen LogP contribution in [0.25, 0.3) is 0 Å². The summed E-state index contributed by atoms with van der Waals surface area (Å²) in [4.78, 5) is 12.2. The number of carbonyl (C=O) groups excluding carboxylic acids is 1. The first-order valence-electron chi connectivity index (χ1n) is 6.70. The highest BCUT2D eigenvalue weighted by Crippen LogP contribution is 2.13. The predicted octanol–water partition coefficient (Wildman–Crippen LogP) is 1.18. The van der Waals surface area contributed by atoms with Crippen molar-refractivity contribution in [1.82, 2.24) is 5.32 Å². The molecule has 112 valence electrons. The van der Waals surface area contributed by atoms with Gasteiger partial charge in [-0.25, -0.2) is 0 Å². The summed E-state index contributed by atoms with van der Waals surface area (Å²) in [6, 6.07) is -0.0832. The van der Waals surface area contributed by atoms with Crippen LogP contribution in [0.3, 0.4) is 0 Å². The fourth-order valence-corrected chi connectivity index (χ4v) is 1.76. The first-order chi connectivity index (χ1) is 8.84. The molecule has 19 heavy (non-hydrogen) atoms. The van der Waals surface area contributed by atoms with Crippen molar-refractivity contribution >= 4 is 11.7 Å². The van der Waals surface area contributed by atoms with Crippen LogP contribution in [-0.2, 0) is 9.53 Å². The molecule has 0 aliphatic heterocycles. The average molecular weight is 273 g/mol. The lowest BCUT2D eigenvalue weighted by molar-refractivity contribution is -0.125. The van der Waals surface area contributed by atoms with Gasteiger partial charge in [0, 0.05) is 6.61 Å². The van der Waals surface area contributed by atoms with E-state index in [1.165, 1.54) is 0 Å². The highest BCUT2D eigenvalue weighted by Gasteiger charge is 2.29. The van der Waals surface area contributed by atoms with Crippen molar-refractivity contribution in [2.75, 3.05) is 13.2 Å². The van der Waals surface area contributed by atoms with Gasteiger partial charge in [0.15, 0.2) is 5.84 Å². The summed E-state index contributed by atoms with van der Waals surface area (Å²) in [5.41, 5.74) is 5.58. The van der Waals surface area contributed by atoms with Crippen molar-refractivity contribution in [3.05, 3.63) is 0 Å². The molecule has 0 spiro atoms. The van der Waals surface area contributed by atoms with E-state index in [9.17, 15) is 4.79 Å². The van der Waals surface area contributed by atoms with E-state index in [4.69, 9.17) is 15.7 Å². The molecule has 0 aromatic rings. The molecule has 0 heterocycles. The zero-order chi connectivity index (χ0) is 15.0. The largest absolute Gasteiger partial charge is 0.409 e. The van der Waals surface area contributed by atoms with E-state index < -0.39 is 5.92 Å². The normalized spacial score (nSPS) is 15.6. The molecule has 6 nitrogen and oxygen atoms in total. The Bertz CT molecular complexity index is 304. The van der Waals surface area contributed by atoms with Gasteiger partial charge in [-0.3, -0.25) is 4.79 Å². The lowest BCUT2D eigenvalue weighted by Crippen LogP contribution is -2.49. The molecular weight excluding hydrogens is 246 g/mol. The van der Waals surface area contributed by atoms with Gasteiger partial charge in [0.05, 0.1) is 12.6 Å². The minimum Gasteiger partial charge on any atom is -0.409 e. The highest BCUT2D eigenvalue weighted by atomic mass is 16.5. The van der Waals surface area contributed by atoms with Crippen LogP contribution in [0.15, 0.2) is 5.16 Å². The second kappa shape index (κ2) is 8.74. The van der Waals surface area contributed by atoms with Gasteiger partial charge in [0.1, 0.15) is 5.92 Å². The fraction of sp³-hybridized carbons (Fsp3) is 0.846. The third-order valence-corrected chi connectivity index (χ3v) is 3.02. The summed E-state index contributed by atoms with van der Waals surface area (Å²) in [5, 5.41) is 14.6. The maximum absolute atomic E-state index is 12.2. The van der Waals surface area contributed by atoms with Crippen molar-refractivity contribution in [1.29, 1.82) is 0 Å². The molecule has 2 atom stereocenters. The molecule has 6 heteroatoms.